The number of hydrogen-bond acceptors (Lipinski definition) is 4. The summed E-state index contributed by atoms with van der Waals surface area (Å²) < 4.78 is 5.27. The van der Waals surface area contributed by atoms with Crippen molar-refractivity contribution in [1.82, 2.24) is 20.3 Å². The van der Waals surface area contributed by atoms with Crippen LogP contribution >= 0.6 is 0 Å². The maximum atomic E-state index is 12.6. The Kier molecular flexibility index (Phi) is 4.27. The quantitative estimate of drug-likeness (QED) is 0.942. The van der Waals surface area contributed by atoms with Gasteiger partial charge in [-0.15, -0.1) is 0 Å². The topological polar surface area (TPSA) is 75.0 Å². The third kappa shape index (κ3) is 2.91. The molecule has 0 aromatic carbocycles. The van der Waals surface area contributed by atoms with Gasteiger partial charge in [-0.25, -0.2) is 0 Å². The van der Waals surface area contributed by atoms with Gasteiger partial charge in [0.25, 0.3) is 5.91 Å². The van der Waals surface area contributed by atoms with Crippen molar-refractivity contribution in [3.05, 3.63) is 35.5 Å². The number of nitrogens with zero attached hydrogens (tertiary/aromatic N) is 3. The highest BCUT2D eigenvalue weighted by atomic mass is 16.5. The zero-order valence-electron chi connectivity index (χ0n) is 13.1. The number of rotatable bonds is 4. The summed E-state index contributed by atoms with van der Waals surface area (Å²) >= 11 is 0. The molecule has 0 radical (unpaired) electrons. The van der Waals surface area contributed by atoms with Crippen molar-refractivity contribution in [2.45, 2.75) is 44.9 Å². The third-order valence-electron chi connectivity index (χ3n) is 4.53. The second-order valence-corrected chi connectivity index (χ2v) is 6.03. The first kappa shape index (κ1) is 14.8. The molecule has 2 unspecified atom stereocenters. The normalized spacial score (nSPS) is 20.1. The molecule has 2 aromatic rings. The Morgan fingerprint density at radius 3 is 3.18 bits per heavy atom. The van der Waals surface area contributed by atoms with Crippen LogP contribution in [0.25, 0.3) is 0 Å². The summed E-state index contributed by atoms with van der Waals surface area (Å²) in [6.07, 6.45) is 4.79. The van der Waals surface area contributed by atoms with Crippen LogP contribution in [0.1, 0.15) is 66.9 Å². The van der Waals surface area contributed by atoms with Crippen LogP contribution in [0.3, 0.4) is 0 Å². The maximum absolute atomic E-state index is 12.6. The van der Waals surface area contributed by atoms with Gasteiger partial charge in [-0.05, 0) is 25.3 Å². The standard InChI is InChI=1S/C16H22N4O2/c1-3-11(2)14-9-15(22-19-14)16(21)20-8-4-5-12(10-20)13-6-7-17-18-13/h6-7,9,11-12H,3-5,8,10H2,1-2H3,(H,17,18). The average Bonchev–Trinajstić information content (AvgIpc) is 3.25. The lowest BCUT2D eigenvalue weighted by Gasteiger charge is -2.31. The highest BCUT2D eigenvalue weighted by molar-refractivity contribution is 5.91. The second-order valence-electron chi connectivity index (χ2n) is 6.03. The number of aromatic amines is 1. The van der Waals surface area contributed by atoms with Gasteiger partial charge in [-0.2, -0.15) is 5.10 Å². The summed E-state index contributed by atoms with van der Waals surface area (Å²) in [6, 6.07) is 3.77. The van der Waals surface area contributed by atoms with E-state index in [4.69, 9.17) is 4.52 Å². The van der Waals surface area contributed by atoms with Crippen molar-refractivity contribution < 1.29 is 9.32 Å². The molecule has 3 rings (SSSR count). The minimum absolute atomic E-state index is 0.0636. The largest absolute Gasteiger partial charge is 0.351 e. The molecule has 1 aliphatic rings. The number of piperidine rings is 1. The second kappa shape index (κ2) is 6.34. The van der Waals surface area contributed by atoms with Crippen molar-refractivity contribution >= 4 is 5.91 Å². The van der Waals surface area contributed by atoms with Crippen LogP contribution in [0.4, 0.5) is 0 Å². The first-order valence-corrected chi connectivity index (χ1v) is 7.94. The molecule has 2 aromatic heterocycles. The number of amides is 1. The van der Waals surface area contributed by atoms with Crippen LogP contribution in [0.5, 0.6) is 0 Å². The van der Waals surface area contributed by atoms with E-state index in [1.54, 1.807) is 12.3 Å². The zero-order chi connectivity index (χ0) is 15.5. The number of hydrogen-bond donors (Lipinski definition) is 1. The molecule has 1 saturated heterocycles. The number of aromatic nitrogens is 3. The van der Waals surface area contributed by atoms with Crippen molar-refractivity contribution in [1.29, 1.82) is 0 Å². The Morgan fingerprint density at radius 1 is 1.59 bits per heavy atom. The van der Waals surface area contributed by atoms with Gasteiger partial charge >= 0.3 is 0 Å². The molecular formula is C16H22N4O2. The Balaban J connectivity index is 1.70. The predicted molar refractivity (Wildman–Crippen MR) is 81.7 cm³/mol. The number of carbonyl (C=O) groups is 1. The van der Waals surface area contributed by atoms with E-state index in [-0.39, 0.29) is 5.91 Å². The van der Waals surface area contributed by atoms with Crippen molar-refractivity contribution in [2.24, 2.45) is 0 Å². The van der Waals surface area contributed by atoms with E-state index in [1.165, 1.54) is 0 Å². The molecule has 3 heterocycles. The van der Waals surface area contributed by atoms with Gasteiger partial charge in [-0.3, -0.25) is 9.89 Å². The maximum Gasteiger partial charge on any atom is 0.292 e. The van der Waals surface area contributed by atoms with Gasteiger partial charge in [0.1, 0.15) is 0 Å². The molecule has 6 nitrogen and oxygen atoms in total. The monoisotopic (exact) mass is 302 g/mol. The van der Waals surface area contributed by atoms with Gasteiger partial charge in [0.2, 0.25) is 5.76 Å². The van der Waals surface area contributed by atoms with Crippen LogP contribution in [0, 0.1) is 0 Å². The molecule has 0 saturated carbocycles. The minimum Gasteiger partial charge on any atom is -0.351 e. The average molecular weight is 302 g/mol. The fourth-order valence-corrected chi connectivity index (χ4v) is 2.90. The van der Waals surface area contributed by atoms with E-state index in [9.17, 15) is 4.79 Å². The highest BCUT2D eigenvalue weighted by Crippen LogP contribution is 2.27. The van der Waals surface area contributed by atoms with E-state index < -0.39 is 0 Å². The minimum atomic E-state index is -0.0636. The van der Waals surface area contributed by atoms with Crippen molar-refractivity contribution in [2.75, 3.05) is 13.1 Å². The van der Waals surface area contributed by atoms with E-state index >= 15 is 0 Å². The lowest BCUT2D eigenvalue weighted by Crippen LogP contribution is -2.39. The van der Waals surface area contributed by atoms with Crippen LogP contribution < -0.4 is 0 Å². The fourth-order valence-electron chi connectivity index (χ4n) is 2.90. The van der Waals surface area contributed by atoms with Crippen LogP contribution in [0.2, 0.25) is 0 Å². The summed E-state index contributed by atoms with van der Waals surface area (Å²) in [5, 5.41) is 11.0. The highest BCUT2D eigenvalue weighted by Gasteiger charge is 2.28. The van der Waals surface area contributed by atoms with Gasteiger partial charge in [0.05, 0.1) is 5.69 Å². The van der Waals surface area contributed by atoms with Crippen LogP contribution in [-0.2, 0) is 0 Å². The molecule has 22 heavy (non-hydrogen) atoms. The van der Waals surface area contributed by atoms with E-state index in [0.717, 1.165) is 37.2 Å². The smallest absolute Gasteiger partial charge is 0.292 e. The van der Waals surface area contributed by atoms with Crippen molar-refractivity contribution in [3.63, 3.8) is 0 Å². The van der Waals surface area contributed by atoms with Gasteiger partial charge < -0.3 is 9.42 Å². The predicted octanol–water partition coefficient (Wildman–Crippen LogP) is 2.93. The van der Waals surface area contributed by atoms with Gasteiger partial charge in [0.15, 0.2) is 0 Å². The zero-order valence-corrected chi connectivity index (χ0v) is 13.1. The SMILES string of the molecule is CCC(C)c1cc(C(=O)N2CCCC(c3ccn[nH]3)C2)on1. The molecule has 2 atom stereocenters. The lowest BCUT2D eigenvalue weighted by molar-refractivity contribution is 0.0663. The van der Waals surface area contributed by atoms with Crippen LogP contribution in [-0.4, -0.2) is 39.3 Å². The third-order valence-corrected chi connectivity index (χ3v) is 4.53. The molecule has 1 fully saturated rings. The Labute approximate surface area is 129 Å². The van der Waals surface area contributed by atoms with Crippen molar-refractivity contribution in [3.8, 4) is 0 Å². The number of H-pyrrole nitrogens is 1. The molecule has 1 N–H and O–H groups in total. The Morgan fingerprint density at radius 2 is 2.45 bits per heavy atom. The summed E-state index contributed by atoms with van der Waals surface area (Å²) in [5.74, 6) is 0.911. The van der Waals surface area contributed by atoms with Gasteiger partial charge in [0, 0.05) is 42.9 Å². The van der Waals surface area contributed by atoms with E-state index in [2.05, 4.69) is 29.2 Å². The molecule has 1 amide bonds. The molecule has 118 valence electrons. The summed E-state index contributed by atoms with van der Waals surface area (Å²) in [7, 11) is 0. The van der Waals surface area contributed by atoms with Crippen LogP contribution in [0.15, 0.2) is 22.9 Å². The Hall–Kier alpha value is -2.11. The molecular weight excluding hydrogens is 280 g/mol. The first-order valence-electron chi connectivity index (χ1n) is 7.94. The summed E-state index contributed by atoms with van der Waals surface area (Å²) in [6.45, 7) is 5.64. The van der Waals surface area contributed by atoms with E-state index in [1.807, 2.05) is 11.0 Å². The summed E-state index contributed by atoms with van der Waals surface area (Å²) in [5.41, 5.74) is 1.95. The number of nitrogens with one attached hydrogen (secondary N) is 1. The molecule has 6 heteroatoms. The molecule has 0 bridgehead atoms. The van der Waals surface area contributed by atoms with E-state index in [0.29, 0.717) is 24.1 Å². The number of carbonyl (C=O) groups excluding carboxylic acids is 1. The Bertz CT molecular complexity index is 620. The molecule has 0 spiro atoms. The molecule has 0 aliphatic carbocycles. The molecule has 1 aliphatic heterocycles. The lowest BCUT2D eigenvalue weighted by atomic mass is 9.95. The first-order chi connectivity index (χ1) is 10.7. The fraction of sp³-hybridized carbons (Fsp3) is 0.562. The summed E-state index contributed by atoms with van der Waals surface area (Å²) in [4.78, 5) is 14.5. The number of likely N-dealkylation sites (tertiary alicyclic amines) is 1. The van der Waals surface area contributed by atoms with Gasteiger partial charge in [-0.1, -0.05) is 19.0 Å².